The molecule has 0 saturated carbocycles. The Balaban J connectivity index is 0.000000671. The van der Waals surface area contributed by atoms with Crippen molar-refractivity contribution in [2.24, 2.45) is 5.73 Å². The minimum Gasteiger partial charge on any atom is -0.497 e. The van der Waals surface area contributed by atoms with Crippen LogP contribution in [-0.4, -0.2) is 34.6 Å². The molecule has 0 aromatic carbocycles. The van der Waals surface area contributed by atoms with Crippen LogP contribution in [0.1, 0.15) is 37.0 Å². The number of allylic oxidation sites excluding steroid dienone is 1. The number of rotatable bonds is 2. The summed E-state index contributed by atoms with van der Waals surface area (Å²) in [6.45, 7) is 7.72. The lowest BCUT2D eigenvalue weighted by atomic mass is 10.0. The molecule has 132 valence electrons. The van der Waals surface area contributed by atoms with Crippen molar-refractivity contribution in [2.45, 2.75) is 33.2 Å². The highest BCUT2D eigenvalue weighted by Gasteiger charge is 2.19. The lowest BCUT2D eigenvalue weighted by Gasteiger charge is -2.14. The largest absolute Gasteiger partial charge is 0.497 e. The lowest BCUT2D eigenvalue weighted by molar-refractivity contribution is 0.111. The van der Waals surface area contributed by atoms with Crippen LogP contribution < -0.4 is 15.6 Å². The summed E-state index contributed by atoms with van der Waals surface area (Å²) in [4.78, 5) is 16.5. The second-order valence-electron chi connectivity index (χ2n) is 5.08. The van der Waals surface area contributed by atoms with E-state index in [1.165, 1.54) is 11.3 Å². The van der Waals surface area contributed by atoms with Gasteiger partial charge >= 0.3 is 0 Å². The van der Waals surface area contributed by atoms with Crippen LogP contribution >= 0.6 is 24.0 Å². The predicted octanol–water partition coefficient (Wildman–Crippen LogP) is 1.91. The molecule has 5 nitrogen and oxygen atoms in total. The Morgan fingerprint density at radius 2 is 2.00 bits per heavy atom. The molecule has 7 heteroatoms. The topological polar surface area (TPSA) is 69.6 Å². The van der Waals surface area contributed by atoms with Gasteiger partial charge in [-0.05, 0) is 38.3 Å². The number of aromatic nitrogens is 2. The molecule has 2 aromatic heterocycles. The molecule has 24 heavy (non-hydrogen) atoms. The maximum atomic E-state index is 11.3. The summed E-state index contributed by atoms with van der Waals surface area (Å²) in [6.07, 6.45) is 8.24. The van der Waals surface area contributed by atoms with Crippen molar-refractivity contribution in [1.82, 2.24) is 9.38 Å². The van der Waals surface area contributed by atoms with Gasteiger partial charge in [0.15, 0.2) is 11.2 Å². The molecule has 0 spiro atoms. The Labute approximate surface area is 151 Å². The van der Waals surface area contributed by atoms with Crippen molar-refractivity contribution in [3.05, 3.63) is 33.1 Å². The monoisotopic (exact) mass is 367 g/mol. The van der Waals surface area contributed by atoms with Crippen LogP contribution in [0, 0.1) is 6.92 Å². The summed E-state index contributed by atoms with van der Waals surface area (Å²) < 4.78 is 8.17. The van der Waals surface area contributed by atoms with Gasteiger partial charge in [-0.2, -0.15) is 12.6 Å². The van der Waals surface area contributed by atoms with Crippen molar-refractivity contribution in [3.8, 4) is 0 Å². The number of thiol groups is 1. The molecule has 0 fully saturated rings. The van der Waals surface area contributed by atoms with Gasteiger partial charge in [-0.15, -0.1) is 0 Å². The van der Waals surface area contributed by atoms with Crippen LogP contribution in [-0.2, 0) is 4.74 Å². The van der Waals surface area contributed by atoms with E-state index in [-0.39, 0.29) is 0 Å². The maximum absolute atomic E-state index is 11.3. The number of hydrogen-bond acceptors (Lipinski definition) is 6. The fourth-order valence-electron chi connectivity index (χ4n) is 2.39. The summed E-state index contributed by atoms with van der Waals surface area (Å²) >= 11 is 5.04. The number of hydrogen-bond donors (Lipinski definition) is 2. The quantitative estimate of drug-likeness (QED) is 0.628. The zero-order chi connectivity index (χ0) is 18.5. The molecule has 0 aliphatic heterocycles. The Bertz CT molecular complexity index is 861. The first kappa shape index (κ1) is 20.5. The van der Waals surface area contributed by atoms with E-state index in [4.69, 9.17) is 10.5 Å². The lowest BCUT2D eigenvalue weighted by Crippen LogP contribution is -2.36. The normalized spacial score (nSPS) is 18.4. The zero-order valence-electron chi connectivity index (χ0n) is 15.0. The summed E-state index contributed by atoms with van der Waals surface area (Å²) in [6, 6.07) is 0. The van der Waals surface area contributed by atoms with Crippen LogP contribution in [0.2, 0.25) is 0 Å². The molecule has 1 aliphatic rings. The summed E-state index contributed by atoms with van der Waals surface area (Å²) in [5.74, 6) is 0.707. The van der Waals surface area contributed by atoms with Gasteiger partial charge < -0.3 is 10.5 Å². The third-order valence-electron chi connectivity index (χ3n) is 3.28. The second-order valence-corrected chi connectivity index (χ2v) is 6.08. The minimum atomic E-state index is -0.653. The van der Waals surface area contributed by atoms with Gasteiger partial charge in [-0.3, -0.25) is 9.20 Å². The number of carbonyl (C=O) groups is 1. The van der Waals surface area contributed by atoms with E-state index in [1.54, 1.807) is 13.4 Å². The summed E-state index contributed by atoms with van der Waals surface area (Å²) in [5, 5.41) is 0.890. The summed E-state index contributed by atoms with van der Waals surface area (Å²) in [7, 11) is 1.61. The standard InChI is InChI=1S/C14H15N3O2S.C2H6.CH4S/c1-8-11(7-18)17-10-6-14(2,15)5-9(19-3)4-12(10)20-13(17)16-8;2*1-2/h4-7H,15H2,1-3H3;1-2H3;2H,1H3. The number of thiazole rings is 1. The van der Waals surface area contributed by atoms with Gasteiger partial charge in [0.1, 0.15) is 11.5 Å². The van der Waals surface area contributed by atoms with E-state index in [0.717, 1.165) is 26.8 Å². The fraction of sp³-hybridized carbons (Fsp3) is 0.412. The average Bonchev–Trinajstić information content (AvgIpc) is 3.00. The van der Waals surface area contributed by atoms with Gasteiger partial charge in [-0.25, -0.2) is 4.98 Å². The van der Waals surface area contributed by atoms with Gasteiger partial charge in [0.05, 0.1) is 28.2 Å². The molecule has 0 bridgehead atoms. The van der Waals surface area contributed by atoms with Crippen molar-refractivity contribution in [1.29, 1.82) is 0 Å². The highest BCUT2D eigenvalue weighted by atomic mass is 32.1. The number of methoxy groups -OCH3 is 1. The van der Waals surface area contributed by atoms with Crippen molar-refractivity contribution >= 4 is 47.4 Å². The van der Waals surface area contributed by atoms with E-state index < -0.39 is 5.54 Å². The molecule has 2 aromatic rings. The molecule has 3 rings (SSSR count). The third-order valence-corrected chi connectivity index (χ3v) is 4.29. The average molecular weight is 368 g/mol. The first-order valence-electron chi connectivity index (χ1n) is 7.63. The zero-order valence-corrected chi connectivity index (χ0v) is 16.7. The molecule has 0 amide bonds. The molecule has 1 unspecified atom stereocenters. The van der Waals surface area contributed by atoms with Gasteiger partial charge in [0.25, 0.3) is 0 Å². The van der Waals surface area contributed by atoms with E-state index in [0.29, 0.717) is 11.5 Å². The first-order chi connectivity index (χ1) is 11.4. The highest BCUT2D eigenvalue weighted by Crippen LogP contribution is 2.15. The molecule has 2 N–H and O–H groups in total. The van der Waals surface area contributed by atoms with Gasteiger partial charge in [0, 0.05) is 0 Å². The molecular weight excluding hydrogens is 342 g/mol. The Hall–Kier alpha value is -1.57. The maximum Gasteiger partial charge on any atom is 0.195 e. The molecule has 1 aliphatic carbocycles. The molecular formula is C17H25N3O2S2. The Morgan fingerprint density at radius 3 is 2.54 bits per heavy atom. The van der Waals surface area contributed by atoms with Gasteiger partial charge in [0.2, 0.25) is 0 Å². The van der Waals surface area contributed by atoms with Crippen LogP contribution in [0.15, 0.2) is 11.8 Å². The van der Waals surface area contributed by atoms with Gasteiger partial charge in [-0.1, -0.05) is 25.2 Å². The van der Waals surface area contributed by atoms with E-state index in [2.05, 4.69) is 17.6 Å². The molecule has 0 radical (unpaired) electrons. The number of nitrogens with zero attached hydrogens (tertiary/aromatic N) is 2. The van der Waals surface area contributed by atoms with Crippen LogP contribution in [0.4, 0.5) is 0 Å². The van der Waals surface area contributed by atoms with E-state index in [1.807, 2.05) is 50.3 Å². The van der Waals surface area contributed by atoms with Crippen molar-refractivity contribution < 1.29 is 9.53 Å². The van der Waals surface area contributed by atoms with Crippen LogP contribution in [0.25, 0.3) is 17.1 Å². The van der Waals surface area contributed by atoms with E-state index in [9.17, 15) is 4.79 Å². The fourth-order valence-corrected chi connectivity index (χ4v) is 3.48. The smallest absolute Gasteiger partial charge is 0.195 e. The number of imidazole rings is 1. The van der Waals surface area contributed by atoms with E-state index >= 15 is 0 Å². The minimum absolute atomic E-state index is 0.568. The number of carbonyl (C=O) groups excluding carboxylic acids is 1. The SMILES string of the molecule is CC.COC1=CC(C)(N)C=c2c(sc3nc(C)c(C=O)n23)=C1.CS. The first-order valence-corrected chi connectivity index (χ1v) is 9.34. The predicted molar refractivity (Wildman–Crippen MR) is 105 cm³/mol. The van der Waals surface area contributed by atoms with Crippen molar-refractivity contribution in [2.75, 3.05) is 13.4 Å². The Morgan fingerprint density at radius 1 is 1.38 bits per heavy atom. The number of ether oxygens (including phenoxy) is 1. The Kier molecular flexibility index (Phi) is 7.26. The summed E-state index contributed by atoms with van der Waals surface area (Å²) in [5.41, 5.74) is 6.90. The highest BCUT2D eigenvalue weighted by molar-refractivity contribution is 7.79. The molecule has 0 saturated heterocycles. The molecule has 2 heterocycles. The van der Waals surface area contributed by atoms with Crippen LogP contribution in [0.3, 0.4) is 0 Å². The number of aldehydes is 1. The third kappa shape index (κ3) is 3.91. The molecule has 1 atom stereocenters. The number of fused-ring (bicyclic) bond motifs is 3. The van der Waals surface area contributed by atoms with Crippen molar-refractivity contribution in [3.63, 3.8) is 0 Å². The van der Waals surface area contributed by atoms with Crippen LogP contribution in [0.5, 0.6) is 0 Å². The second kappa shape index (κ2) is 8.50. The number of aryl methyl sites for hydroxylation is 1. The number of nitrogens with two attached hydrogens (primary N) is 1.